The number of hydrogen-bond acceptors (Lipinski definition) is 3. The van der Waals surface area contributed by atoms with Crippen molar-refractivity contribution in [2.75, 3.05) is 26.2 Å². The zero-order chi connectivity index (χ0) is 17.5. The number of nitrogens with zero attached hydrogens (tertiary/aromatic N) is 1. The van der Waals surface area contributed by atoms with E-state index in [4.69, 9.17) is 0 Å². The second-order valence-electron chi connectivity index (χ2n) is 9.06. The molecule has 2 saturated heterocycles. The molecule has 0 bridgehead atoms. The van der Waals surface area contributed by atoms with Gasteiger partial charge < -0.3 is 15.5 Å². The van der Waals surface area contributed by atoms with Crippen molar-refractivity contribution in [2.45, 2.75) is 59.4 Å². The topological polar surface area (TPSA) is 61.4 Å². The molecule has 0 aromatic heterocycles. The molecule has 2 amide bonds. The molecular weight excluding hydrogens is 338 g/mol. The summed E-state index contributed by atoms with van der Waals surface area (Å²) in [6, 6.07) is -0.0145. The van der Waals surface area contributed by atoms with Gasteiger partial charge in [0, 0.05) is 25.6 Å². The van der Waals surface area contributed by atoms with Gasteiger partial charge in [0.1, 0.15) is 0 Å². The van der Waals surface area contributed by atoms with E-state index in [2.05, 4.69) is 43.2 Å². The molecule has 2 heterocycles. The highest BCUT2D eigenvalue weighted by molar-refractivity contribution is 5.85. The third-order valence-corrected chi connectivity index (χ3v) is 7.04. The summed E-state index contributed by atoms with van der Waals surface area (Å²) in [5.41, 5.74) is 0.193. The lowest BCUT2D eigenvalue weighted by Gasteiger charge is -2.33. The van der Waals surface area contributed by atoms with Crippen molar-refractivity contribution >= 4 is 24.2 Å². The van der Waals surface area contributed by atoms with Crippen molar-refractivity contribution in [3.8, 4) is 0 Å². The van der Waals surface area contributed by atoms with Gasteiger partial charge in [-0.15, -0.1) is 12.4 Å². The summed E-state index contributed by atoms with van der Waals surface area (Å²) in [6.07, 6.45) is 4.16. The van der Waals surface area contributed by atoms with Crippen LogP contribution in [0.3, 0.4) is 0 Å². The fourth-order valence-electron chi connectivity index (χ4n) is 4.70. The van der Waals surface area contributed by atoms with Gasteiger partial charge in [0.15, 0.2) is 0 Å². The van der Waals surface area contributed by atoms with Gasteiger partial charge in [0.05, 0.1) is 6.04 Å². The number of halogens is 1. The molecule has 0 aromatic rings. The number of piperidine rings is 1. The van der Waals surface area contributed by atoms with Crippen LogP contribution in [0.25, 0.3) is 0 Å². The van der Waals surface area contributed by atoms with Gasteiger partial charge in [-0.3, -0.25) is 9.59 Å². The minimum atomic E-state index is -0.0145. The molecule has 0 spiro atoms. The monoisotopic (exact) mass is 371 g/mol. The first kappa shape index (κ1) is 20.5. The normalized spacial score (nSPS) is 30.5. The fourth-order valence-corrected chi connectivity index (χ4v) is 4.70. The van der Waals surface area contributed by atoms with Crippen molar-refractivity contribution in [1.82, 2.24) is 15.5 Å². The Morgan fingerprint density at radius 1 is 1.12 bits per heavy atom. The third-order valence-electron chi connectivity index (χ3n) is 7.04. The highest BCUT2D eigenvalue weighted by atomic mass is 35.5. The molecule has 144 valence electrons. The van der Waals surface area contributed by atoms with Gasteiger partial charge >= 0.3 is 0 Å². The number of rotatable bonds is 4. The lowest BCUT2D eigenvalue weighted by molar-refractivity contribution is -0.135. The van der Waals surface area contributed by atoms with E-state index in [-0.39, 0.29) is 41.1 Å². The Bertz CT molecular complexity index is 501. The molecule has 3 aliphatic rings. The number of carbonyl (C=O) groups excluding carboxylic acids is 2. The Kier molecular flexibility index (Phi) is 6.10. The first-order chi connectivity index (χ1) is 11.2. The second kappa shape index (κ2) is 7.43. The summed E-state index contributed by atoms with van der Waals surface area (Å²) in [7, 11) is 0. The number of amides is 2. The standard InChI is InChI=1S/C19H33N3O2.ClH/c1-18(2)15(19(18,3)4)17(24)22-10-6-7-13(12-22)11-21-16(23)14-8-5-9-20-14;/h13-15,20H,5-12H2,1-4H3,(H,21,23);1H. The van der Waals surface area contributed by atoms with Crippen molar-refractivity contribution < 1.29 is 9.59 Å². The van der Waals surface area contributed by atoms with E-state index in [1.54, 1.807) is 0 Å². The van der Waals surface area contributed by atoms with E-state index in [0.717, 1.165) is 45.3 Å². The summed E-state index contributed by atoms with van der Waals surface area (Å²) >= 11 is 0. The maximum absolute atomic E-state index is 12.9. The van der Waals surface area contributed by atoms with Crippen LogP contribution in [0.5, 0.6) is 0 Å². The summed E-state index contributed by atoms with van der Waals surface area (Å²) in [5.74, 6) is 0.970. The molecule has 1 aliphatic carbocycles. The molecule has 0 radical (unpaired) electrons. The van der Waals surface area contributed by atoms with E-state index in [0.29, 0.717) is 18.4 Å². The van der Waals surface area contributed by atoms with Crippen molar-refractivity contribution in [3.05, 3.63) is 0 Å². The van der Waals surface area contributed by atoms with Crippen LogP contribution in [0, 0.1) is 22.7 Å². The predicted octanol–water partition coefficient (Wildman–Crippen LogP) is 2.20. The summed E-state index contributed by atoms with van der Waals surface area (Å²) < 4.78 is 0. The van der Waals surface area contributed by atoms with Crippen LogP contribution in [0.1, 0.15) is 53.4 Å². The lowest BCUT2D eigenvalue weighted by Crippen LogP contribution is -2.47. The molecule has 0 aromatic carbocycles. The highest BCUT2D eigenvalue weighted by Gasteiger charge is 2.68. The van der Waals surface area contributed by atoms with E-state index in [9.17, 15) is 9.59 Å². The Morgan fingerprint density at radius 3 is 2.36 bits per heavy atom. The molecule has 25 heavy (non-hydrogen) atoms. The smallest absolute Gasteiger partial charge is 0.237 e. The predicted molar refractivity (Wildman–Crippen MR) is 102 cm³/mol. The van der Waals surface area contributed by atoms with Gasteiger partial charge in [-0.05, 0) is 49.0 Å². The minimum Gasteiger partial charge on any atom is -0.354 e. The zero-order valence-corrected chi connectivity index (χ0v) is 16.9. The molecule has 6 heteroatoms. The molecule has 2 aliphatic heterocycles. The number of nitrogens with one attached hydrogen (secondary N) is 2. The van der Waals surface area contributed by atoms with Crippen LogP contribution in [-0.4, -0.2) is 48.9 Å². The van der Waals surface area contributed by atoms with Crippen LogP contribution >= 0.6 is 12.4 Å². The number of carbonyl (C=O) groups is 2. The maximum atomic E-state index is 12.9. The number of hydrogen-bond donors (Lipinski definition) is 2. The van der Waals surface area contributed by atoms with E-state index in [1.165, 1.54) is 0 Å². The van der Waals surface area contributed by atoms with Crippen LogP contribution < -0.4 is 10.6 Å². The van der Waals surface area contributed by atoms with Gasteiger partial charge in [-0.2, -0.15) is 0 Å². The van der Waals surface area contributed by atoms with Crippen LogP contribution in [0.2, 0.25) is 0 Å². The molecule has 2 atom stereocenters. The van der Waals surface area contributed by atoms with Crippen molar-refractivity contribution in [1.29, 1.82) is 0 Å². The summed E-state index contributed by atoms with van der Waals surface area (Å²) in [5, 5.41) is 6.33. The molecular formula is C19H34ClN3O2. The van der Waals surface area contributed by atoms with Gasteiger partial charge in [0.25, 0.3) is 0 Å². The van der Waals surface area contributed by atoms with Crippen LogP contribution in [0.15, 0.2) is 0 Å². The fraction of sp³-hybridized carbons (Fsp3) is 0.895. The van der Waals surface area contributed by atoms with E-state index >= 15 is 0 Å². The molecule has 3 rings (SSSR count). The van der Waals surface area contributed by atoms with Crippen LogP contribution in [0.4, 0.5) is 0 Å². The number of likely N-dealkylation sites (tertiary alicyclic amines) is 1. The summed E-state index contributed by atoms with van der Waals surface area (Å²) in [4.78, 5) is 27.1. The Morgan fingerprint density at radius 2 is 1.80 bits per heavy atom. The average Bonchev–Trinajstić information content (AvgIpc) is 2.95. The largest absolute Gasteiger partial charge is 0.354 e. The van der Waals surface area contributed by atoms with E-state index in [1.807, 2.05) is 0 Å². The molecule has 2 unspecified atom stereocenters. The van der Waals surface area contributed by atoms with Crippen molar-refractivity contribution in [3.63, 3.8) is 0 Å². The molecule has 5 nitrogen and oxygen atoms in total. The Balaban J connectivity index is 0.00000225. The Hall–Kier alpha value is -0.810. The Labute approximate surface area is 158 Å². The third kappa shape index (κ3) is 3.82. The highest BCUT2D eigenvalue weighted by Crippen LogP contribution is 2.68. The minimum absolute atomic E-state index is 0. The average molecular weight is 372 g/mol. The second-order valence-corrected chi connectivity index (χ2v) is 9.06. The summed E-state index contributed by atoms with van der Waals surface area (Å²) in [6.45, 7) is 12.1. The van der Waals surface area contributed by atoms with Gasteiger partial charge in [0.2, 0.25) is 11.8 Å². The maximum Gasteiger partial charge on any atom is 0.237 e. The SMILES string of the molecule is CC1(C)C(C(=O)N2CCCC(CNC(=O)C3CCCN3)C2)C1(C)C.Cl. The van der Waals surface area contributed by atoms with E-state index < -0.39 is 0 Å². The van der Waals surface area contributed by atoms with Crippen LogP contribution in [-0.2, 0) is 9.59 Å². The molecule has 2 N–H and O–H groups in total. The zero-order valence-electron chi connectivity index (χ0n) is 16.1. The van der Waals surface area contributed by atoms with Gasteiger partial charge in [-0.25, -0.2) is 0 Å². The molecule has 3 fully saturated rings. The molecule has 1 saturated carbocycles. The first-order valence-electron chi connectivity index (χ1n) is 9.55. The lowest BCUT2D eigenvalue weighted by atomic mass is 9.96. The first-order valence-corrected chi connectivity index (χ1v) is 9.55. The quantitative estimate of drug-likeness (QED) is 0.796. The van der Waals surface area contributed by atoms with Gasteiger partial charge in [-0.1, -0.05) is 27.7 Å². The van der Waals surface area contributed by atoms with Crippen molar-refractivity contribution in [2.24, 2.45) is 22.7 Å².